The zero-order valence-electron chi connectivity index (χ0n) is 20.4. The largest absolute Gasteiger partial charge is 0.497 e. The predicted octanol–water partition coefficient (Wildman–Crippen LogP) is 4.24. The summed E-state index contributed by atoms with van der Waals surface area (Å²) in [5.74, 6) is -0.732. The smallest absolute Gasteiger partial charge is 0.336 e. The maximum atomic E-state index is 12.7. The Hall–Kier alpha value is -4.33. The first kappa shape index (κ1) is 24.8. The molecule has 0 fully saturated rings. The minimum absolute atomic E-state index is 0.0101. The molecule has 8 heteroatoms. The van der Waals surface area contributed by atoms with E-state index in [1.165, 1.54) is 13.2 Å². The highest BCUT2D eigenvalue weighted by atomic mass is 16.5. The number of rotatable bonds is 9. The number of nitrogens with one attached hydrogen (secondary N) is 3. The Morgan fingerprint density at radius 1 is 1.11 bits per heavy atom. The lowest BCUT2D eigenvalue weighted by Crippen LogP contribution is -2.24. The maximum Gasteiger partial charge on any atom is 0.336 e. The summed E-state index contributed by atoms with van der Waals surface area (Å²) in [6.07, 6.45) is 1.42. The molecule has 3 aromatic carbocycles. The van der Waals surface area contributed by atoms with E-state index < -0.39 is 5.97 Å². The number of carboxylic acid groups (broad SMARTS) is 1. The lowest BCUT2D eigenvalue weighted by atomic mass is 9.86. The van der Waals surface area contributed by atoms with Gasteiger partial charge in [-0.1, -0.05) is 13.0 Å². The monoisotopic (exact) mass is 486 g/mol. The van der Waals surface area contributed by atoms with E-state index in [1.54, 1.807) is 24.3 Å². The number of carbonyl (C=O) groups excluding carboxylic acids is 1. The number of amides is 1. The molecule has 0 bridgehead atoms. The summed E-state index contributed by atoms with van der Waals surface area (Å²) in [7, 11) is 1.49. The summed E-state index contributed by atoms with van der Waals surface area (Å²) in [4.78, 5) is 24.9. The Labute approximate surface area is 210 Å². The zero-order valence-corrected chi connectivity index (χ0v) is 20.4. The van der Waals surface area contributed by atoms with Crippen LogP contribution in [0.15, 0.2) is 54.6 Å². The van der Waals surface area contributed by atoms with Crippen molar-refractivity contribution < 1.29 is 19.4 Å². The van der Waals surface area contributed by atoms with Crippen molar-refractivity contribution in [2.45, 2.75) is 25.7 Å². The van der Waals surface area contributed by atoms with Gasteiger partial charge in [0.25, 0.3) is 5.91 Å². The normalized spacial score (nSPS) is 14.0. The summed E-state index contributed by atoms with van der Waals surface area (Å²) >= 11 is 0. The third-order valence-corrected chi connectivity index (χ3v) is 6.46. The SMILES string of the molecule is CCCNC(=O)c1ccc(CC2CNc3ccc(C(=N)N)cc32)c(-c2ccc(OC)cc2C(=O)O)c1. The van der Waals surface area contributed by atoms with Crippen molar-refractivity contribution in [2.75, 3.05) is 25.5 Å². The van der Waals surface area contributed by atoms with Crippen LogP contribution in [0.1, 0.15) is 56.7 Å². The highest BCUT2D eigenvalue weighted by Crippen LogP contribution is 2.38. The van der Waals surface area contributed by atoms with Gasteiger partial charge in [-0.25, -0.2) is 4.79 Å². The summed E-state index contributed by atoms with van der Waals surface area (Å²) in [5, 5.41) is 24.0. The quantitative estimate of drug-likeness (QED) is 0.227. The van der Waals surface area contributed by atoms with Gasteiger partial charge in [-0.05, 0) is 83.6 Å². The molecular formula is C28H30N4O4. The fourth-order valence-electron chi connectivity index (χ4n) is 4.57. The number of aromatic carboxylic acids is 1. The number of hydrogen-bond donors (Lipinski definition) is 5. The van der Waals surface area contributed by atoms with Gasteiger partial charge in [0.05, 0.1) is 12.7 Å². The van der Waals surface area contributed by atoms with Crippen molar-refractivity contribution in [1.29, 1.82) is 5.41 Å². The molecule has 0 saturated carbocycles. The lowest BCUT2D eigenvalue weighted by Gasteiger charge is -2.18. The van der Waals surface area contributed by atoms with Crippen molar-refractivity contribution in [2.24, 2.45) is 5.73 Å². The average molecular weight is 487 g/mol. The Kier molecular flexibility index (Phi) is 7.24. The fourth-order valence-corrected chi connectivity index (χ4v) is 4.57. The van der Waals surface area contributed by atoms with Crippen LogP contribution in [0.5, 0.6) is 5.75 Å². The highest BCUT2D eigenvalue weighted by Gasteiger charge is 2.26. The number of hydrogen-bond acceptors (Lipinski definition) is 5. The summed E-state index contributed by atoms with van der Waals surface area (Å²) in [6, 6.07) is 16.1. The van der Waals surface area contributed by atoms with Gasteiger partial charge in [0, 0.05) is 35.8 Å². The highest BCUT2D eigenvalue weighted by molar-refractivity contribution is 6.00. The molecule has 36 heavy (non-hydrogen) atoms. The fraction of sp³-hybridized carbons (Fsp3) is 0.250. The number of carboxylic acids is 1. The van der Waals surface area contributed by atoms with Crippen molar-refractivity contribution in [3.63, 3.8) is 0 Å². The number of methoxy groups -OCH3 is 1. The van der Waals surface area contributed by atoms with Crippen LogP contribution in [0.25, 0.3) is 11.1 Å². The first-order chi connectivity index (χ1) is 17.3. The Bertz CT molecular complexity index is 1340. The lowest BCUT2D eigenvalue weighted by molar-refractivity contribution is 0.0697. The molecule has 1 atom stereocenters. The number of benzene rings is 3. The van der Waals surface area contributed by atoms with E-state index >= 15 is 0 Å². The third kappa shape index (κ3) is 5.02. The number of anilines is 1. The van der Waals surface area contributed by atoms with Crippen LogP contribution in [-0.2, 0) is 6.42 Å². The predicted molar refractivity (Wildman–Crippen MR) is 140 cm³/mol. The zero-order chi connectivity index (χ0) is 25.8. The Morgan fingerprint density at radius 3 is 2.58 bits per heavy atom. The van der Waals surface area contributed by atoms with Crippen LogP contribution in [0.4, 0.5) is 5.69 Å². The number of carbonyl (C=O) groups is 2. The van der Waals surface area contributed by atoms with E-state index in [9.17, 15) is 14.7 Å². The van der Waals surface area contributed by atoms with E-state index in [2.05, 4.69) is 10.6 Å². The summed E-state index contributed by atoms with van der Waals surface area (Å²) in [5.41, 5.74) is 11.1. The van der Waals surface area contributed by atoms with E-state index in [1.807, 2.05) is 31.2 Å². The molecule has 1 aliphatic rings. The topological polar surface area (TPSA) is 138 Å². The van der Waals surface area contributed by atoms with Crippen LogP contribution in [-0.4, -0.2) is 43.0 Å². The van der Waals surface area contributed by atoms with Crippen LogP contribution < -0.4 is 21.1 Å². The minimum atomic E-state index is -1.07. The average Bonchev–Trinajstić information content (AvgIpc) is 3.28. The van der Waals surface area contributed by atoms with Crippen molar-refractivity contribution in [3.8, 4) is 16.9 Å². The second-order valence-electron chi connectivity index (χ2n) is 8.84. The standard InChI is InChI=1S/C28H30N4O4/c1-3-10-31-27(33)18-5-4-16(11-19-15-32-25-9-6-17(26(29)30)12-23(19)25)22(13-18)21-8-7-20(36-2)14-24(21)28(34)35/h4-9,12-14,19,32H,3,10-11,15H2,1-2H3,(H3,29,30)(H,31,33)(H,34,35). The molecule has 8 nitrogen and oxygen atoms in total. The minimum Gasteiger partial charge on any atom is -0.497 e. The molecule has 1 aliphatic heterocycles. The molecule has 0 aromatic heterocycles. The molecule has 6 N–H and O–H groups in total. The van der Waals surface area contributed by atoms with Crippen LogP contribution in [0, 0.1) is 5.41 Å². The van der Waals surface area contributed by atoms with E-state index in [0.717, 1.165) is 23.2 Å². The molecule has 186 valence electrons. The molecule has 0 radical (unpaired) electrons. The summed E-state index contributed by atoms with van der Waals surface area (Å²) in [6.45, 7) is 3.24. The first-order valence-corrected chi connectivity index (χ1v) is 11.9. The molecule has 1 heterocycles. The number of nitrogens with two attached hydrogens (primary N) is 1. The van der Waals surface area contributed by atoms with Crippen LogP contribution in [0.2, 0.25) is 0 Å². The van der Waals surface area contributed by atoms with Gasteiger partial charge in [-0.3, -0.25) is 10.2 Å². The van der Waals surface area contributed by atoms with E-state index in [-0.39, 0.29) is 23.2 Å². The first-order valence-electron chi connectivity index (χ1n) is 11.9. The molecule has 0 saturated heterocycles. The van der Waals surface area contributed by atoms with Gasteiger partial charge in [-0.2, -0.15) is 0 Å². The van der Waals surface area contributed by atoms with Gasteiger partial charge in [0.1, 0.15) is 11.6 Å². The number of amidine groups is 1. The van der Waals surface area contributed by atoms with Crippen LogP contribution in [0.3, 0.4) is 0 Å². The third-order valence-electron chi connectivity index (χ3n) is 6.46. The van der Waals surface area contributed by atoms with Gasteiger partial charge in [-0.15, -0.1) is 0 Å². The van der Waals surface area contributed by atoms with Gasteiger partial charge in [0.15, 0.2) is 0 Å². The van der Waals surface area contributed by atoms with Gasteiger partial charge in [0.2, 0.25) is 0 Å². The van der Waals surface area contributed by atoms with Gasteiger partial charge < -0.3 is 26.2 Å². The second-order valence-corrected chi connectivity index (χ2v) is 8.84. The molecule has 1 amide bonds. The maximum absolute atomic E-state index is 12.7. The number of nitrogen functional groups attached to an aromatic ring is 1. The molecule has 3 aromatic rings. The molecule has 1 unspecified atom stereocenters. The molecule has 4 rings (SSSR count). The molecular weight excluding hydrogens is 456 g/mol. The molecule has 0 spiro atoms. The van der Waals surface area contributed by atoms with E-state index in [0.29, 0.717) is 47.5 Å². The summed E-state index contributed by atoms with van der Waals surface area (Å²) < 4.78 is 5.25. The second kappa shape index (κ2) is 10.5. The van der Waals surface area contributed by atoms with Crippen molar-refractivity contribution in [1.82, 2.24) is 5.32 Å². The van der Waals surface area contributed by atoms with E-state index in [4.69, 9.17) is 15.9 Å². The Morgan fingerprint density at radius 2 is 1.89 bits per heavy atom. The number of fused-ring (bicyclic) bond motifs is 1. The van der Waals surface area contributed by atoms with Crippen molar-refractivity contribution >= 4 is 23.4 Å². The number of ether oxygens (including phenoxy) is 1. The van der Waals surface area contributed by atoms with Gasteiger partial charge >= 0.3 is 5.97 Å². The Balaban J connectivity index is 1.80. The van der Waals surface area contributed by atoms with Crippen LogP contribution >= 0.6 is 0 Å². The molecule has 0 aliphatic carbocycles. The van der Waals surface area contributed by atoms with Crippen molar-refractivity contribution in [3.05, 3.63) is 82.4 Å².